The summed E-state index contributed by atoms with van der Waals surface area (Å²) in [5.74, 6) is 0. The van der Waals surface area contributed by atoms with Gasteiger partial charge in [-0.1, -0.05) is 0 Å². The first kappa shape index (κ1) is 15.9. The highest BCUT2D eigenvalue weighted by atomic mass is 79.9. The SMILES string of the molecule is FC(F)(F)c1c[c]c(C(Cl)Cl)c(C(F)(F)F)c1Br. The van der Waals surface area contributed by atoms with Crippen molar-refractivity contribution >= 4 is 39.1 Å². The molecule has 0 aliphatic rings. The van der Waals surface area contributed by atoms with Gasteiger partial charge in [-0.3, -0.25) is 0 Å². The normalized spacial score (nSPS) is 13.2. The molecule has 0 atom stereocenters. The lowest BCUT2D eigenvalue weighted by molar-refractivity contribution is -0.144. The molecule has 0 unspecified atom stereocenters. The molecule has 18 heavy (non-hydrogen) atoms. The van der Waals surface area contributed by atoms with Gasteiger partial charge in [0.25, 0.3) is 0 Å². The number of rotatable bonds is 1. The molecule has 1 aromatic carbocycles. The van der Waals surface area contributed by atoms with Crippen molar-refractivity contribution in [1.82, 2.24) is 0 Å². The summed E-state index contributed by atoms with van der Waals surface area (Å²) in [6, 6.07) is 2.19. The van der Waals surface area contributed by atoms with Crippen LogP contribution in [0.4, 0.5) is 26.3 Å². The van der Waals surface area contributed by atoms with Crippen molar-refractivity contribution in [2.24, 2.45) is 0 Å². The Morgan fingerprint density at radius 3 is 1.89 bits per heavy atom. The highest BCUT2D eigenvalue weighted by molar-refractivity contribution is 9.10. The Balaban J connectivity index is 3.61. The second kappa shape index (κ2) is 5.09. The lowest BCUT2D eigenvalue weighted by Crippen LogP contribution is -2.15. The summed E-state index contributed by atoms with van der Waals surface area (Å²) in [4.78, 5) is -1.64. The molecule has 0 spiro atoms. The molecule has 0 N–H and O–H groups in total. The lowest BCUT2D eigenvalue weighted by atomic mass is 10.0. The van der Waals surface area contributed by atoms with Crippen molar-refractivity contribution < 1.29 is 26.3 Å². The molecule has 1 aromatic rings. The predicted octanol–water partition coefficient (Wildman–Crippen LogP) is 5.76. The van der Waals surface area contributed by atoms with E-state index in [1.54, 1.807) is 0 Å². The van der Waals surface area contributed by atoms with Gasteiger partial charge in [0.1, 0.15) is 4.84 Å². The molecule has 0 aliphatic heterocycles. The first-order valence-corrected chi connectivity index (χ1v) is 5.79. The van der Waals surface area contributed by atoms with E-state index in [0.717, 1.165) is 0 Å². The van der Waals surface area contributed by atoms with Gasteiger partial charge in [0.15, 0.2) is 0 Å². The largest absolute Gasteiger partial charge is 0.417 e. The van der Waals surface area contributed by atoms with Gasteiger partial charge >= 0.3 is 12.4 Å². The van der Waals surface area contributed by atoms with Crippen molar-refractivity contribution in [3.8, 4) is 0 Å². The molecule has 0 amide bonds. The maximum absolute atomic E-state index is 12.7. The Hall–Kier alpha value is -0.140. The zero-order valence-electron chi connectivity index (χ0n) is 8.06. The smallest absolute Gasteiger partial charge is 0.166 e. The molecular formula is C9H2BrCl2F6. The average molecular weight is 375 g/mol. The molecule has 0 aliphatic carbocycles. The van der Waals surface area contributed by atoms with Crippen molar-refractivity contribution in [3.05, 3.63) is 33.3 Å². The van der Waals surface area contributed by atoms with E-state index >= 15 is 0 Å². The van der Waals surface area contributed by atoms with E-state index < -0.39 is 38.4 Å². The maximum Gasteiger partial charge on any atom is 0.417 e. The van der Waals surface area contributed by atoms with Crippen LogP contribution in [0, 0.1) is 6.07 Å². The Labute approximate surface area is 116 Å². The van der Waals surface area contributed by atoms with Gasteiger partial charge in [-0.05, 0) is 28.1 Å². The van der Waals surface area contributed by atoms with Gasteiger partial charge in [-0.2, -0.15) is 26.3 Å². The first-order valence-electron chi connectivity index (χ1n) is 4.13. The maximum atomic E-state index is 12.7. The minimum Gasteiger partial charge on any atom is -0.166 e. The Kier molecular flexibility index (Phi) is 4.50. The second-order valence-corrected chi connectivity index (χ2v) is 4.99. The molecule has 1 rings (SSSR count). The van der Waals surface area contributed by atoms with Crippen LogP contribution >= 0.6 is 39.1 Å². The van der Waals surface area contributed by atoms with E-state index in [1.807, 2.05) is 6.07 Å². The summed E-state index contributed by atoms with van der Waals surface area (Å²) >= 11 is 12.9. The minimum atomic E-state index is -5.03. The Morgan fingerprint density at radius 1 is 1.06 bits per heavy atom. The molecule has 0 aromatic heterocycles. The minimum absolute atomic E-state index is 0.367. The van der Waals surface area contributed by atoms with Gasteiger partial charge in [0, 0.05) is 10.0 Å². The van der Waals surface area contributed by atoms with E-state index in [0.29, 0.717) is 6.07 Å². The highest BCUT2D eigenvalue weighted by Crippen LogP contribution is 2.46. The summed E-state index contributed by atoms with van der Waals surface area (Å²) in [5, 5.41) is 0. The van der Waals surface area contributed by atoms with Crippen LogP contribution in [-0.2, 0) is 12.4 Å². The number of benzene rings is 1. The molecule has 0 saturated carbocycles. The summed E-state index contributed by atoms with van der Waals surface area (Å²) in [6.07, 6.45) is -9.98. The summed E-state index contributed by atoms with van der Waals surface area (Å²) < 4.78 is 74.4. The molecule has 0 nitrogen and oxygen atoms in total. The molecular weight excluding hydrogens is 373 g/mol. The lowest BCUT2D eigenvalue weighted by Gasteiger charge is -2.18. The van der Waals surface area contributed by atoms with Crippen molar-refractivity contribution in [3.63, 3.8) is 0 Å². The van der Waals surface area contributed by atoms with Gasteiger partial charge in [-0.25, -0.2) is 0 Å². The van der Waals surface area contributed by atoms with E-state index in [-0.39, 0.29) is 0 Å². The fourth-order valence-corrected chi connectivity index (χ4v) is 2.32. The topological polar surface area (TPSA) is 0 Å². The van der Waals surface area contributed by atoms with Crippen LogP contribution in [0.3, 0.4) is 0 Å². The van der Waals surface area contributed by atoms with E-state index in [2.05, 4.69) is 15.9 Å². The second-order valence-electron chi connectivity index (χ2n) is 3.10. The van der Waals surface area contributed by atoms with Gasteiger partial charge in [0.2, 0.25) is 0 Å². The molecule has 0 heterocycles. The van der Waals surface area contributed by atoms with E-state index in [4.69, 9.17) is 23.2 Å². The third kappa shape index (κ3) is 3.24. The Morgan fingerprint density at radius 2 is 1.56 bits per heavy atom. The summed E-state index contributed by atoms with van der Waals surface area (Å²) in [7, 11) is 0. The summed E-state index contributed by atoms with van der Waals surface area (Å²) in [5.41, 5.74) is -3.83. The monoisotopic (exact) mass is 373 g/mol. The highest BCUT2D eigenvalue weighted by Gasteiger charge is 2.42. The van der Waals surface area contributed by atoms with Crippen molar-refractivity contribution in [1.29, 1.82) is 0 Å². The fraction of sp³-hybridized carbons (Fsp3) is 0.333. The quantitative estimate of drug-likeness (QED) is 0.433. The molecule has 0 fully saturated rings. The first-order chi connectivity index (χ1) is 7.96. The predicted molar refractivity (Wildman–Crippen MR) is 57.4 cm³/mol. The molecule has 0 saturated heterocycles. The molecule has 0 bridgehead atoms. The van der Waals surface area contributed by atoms with Gasteiger partial charge < -0.3 is 0 Å². The number of alkyl halides is 8. The number of halogens is 9. The van der Waals surface area contributed by atoms with Crippen LogP contribution in [0.15, 0.2) is 10.5 Å². The molecule has 101 valence electrons. The molecule has 9 heteroatoms. The van der Waals surface area contributed by atoms with Crippen LogP contribution in [0.2, 0.25) is 0 Å². The van der Waals surface area contributed by atoms with Crippen molar-refractivity contribution in [2.75, 3.05) is 0 Å². The zero-order chi connectivity index (χ0) is 14.3. The number of hydrogen-bond donors (Lipinski definition) is 0. The average Bonchev–Trinajstić information content (AvgIpc) is 2.12. The van der Waals surface area contributed by atoms with E-state index in [9.17, 15) is 26.3 Å². The van der Waals surface area contributed by atoms with Crippen molar-refractivity contribution in [2.45, 2.75) is 17.2 Å². The molecule has 1 radical (unpaired) electrons. The van der Waals surface area contributed by atoms with Crippen LogP contribution in [0.1, 0.15) is 21.5 Å². The standard InChI is InChI=1S/C9H2BrCl2F6/c10-6-4(8(13,14)15)2-1-3(7(11)12)5(6)9(16,17)18/h2,7H. The van der Waals surface area contributed by atoms with Crippen LogP contribution in [0.5, 0.6) is 0 Å². The summed E-state index contributed by atoms with van der Waals surface area (Å²) in [6.45, 7) is 0. The third-order valence-corrected chi connectivity index (χ3v) is 3.16. The fourth-order valence-electron chi connectivity index (χ4n) is 1.19. The van der Waals surface area contributed by atoms with Crippen LogP contribution in [-0.4, -0.2) is 0 Å². The number of hydrogen-bond acceptors (Lipinski definition) is 0. The third-order valence-electron chi connectivity index (χ3n) is 1.90. The van der Waals surface area contributed by atoms with Gasteiger partial charge in [-0.15, -0.1) is 23.2 Å². The van der Waals surface area contributed by atoms with Crippen LogP contribution in [0.25, 0.3) is 0 Å². The zero-order valence-corrected chi connectivity index (χ0v) is 11.2. The van der Waals surface area contributed by atoms with Gasteiger partial charge in [0.05, 0.1) is 11.1 Å². The van der Waals surface area contributed by atoms with Crippen LogP contribution < -0.4 is 0 Å². The Bertz CT molecular complexity index is 452. The van der Waals surface area contributed by atoms with E-state index in [1.165, 1.54) is 0 Å².